The molecule has 3 heterocycles. The van der Waals surface area contributed by atoms with E-state index in [0.717, 1.165) is 23.5 Å². The van der Waals surface area contributed by atoms with E-state index in [2.05, 4.69) is 0 Å². The second-order valence-electron chi connectivity index (χ2n) is 6.70. The molecule has 2 aromatic rings. The van der Waals surface area contributed by atoms with Crippen LogP contribution in [-0.4, -0.2) is 42.8 Å². The van der Waals surface area contributed by atoms with E-state index in [-0.39, 0.29) is 12.0 Å². The first-order valence-electron chi connectivity index (χ1n) is 8.41. The molecule has 2 aliphatic heterocycles. The molecule has 1 aromatic carbocycles. The van der Waals surface area contributed by atoms with Gasteiger partial charge in [-0.3, -0.25) is 4.79 Å². The summed E-state index contributed by atoms with van der Waals surface area (Å²) < 4.78 is 17.4. The second-order valence-corrected chi connectivity index (χ2v) is 7.14. The highest BCUT2D eigenvalue weighted by Crippen LogP contribution is 2.36. The van der Waals surface area contributed by atoms with Crippen LogP contribution in [0.3, 0.4) is 0 Å². The standard InChI is InChI=1S/C19H20ClNO4/c1-21(18(22)19-10-15(23-12-19)8-9-24-19)11-16-6-7-17(25-16)13-2-4-14(20)5-3-13/h2-7,15H,8-12H2,1H3. The zero-order valence-corrected chi connectivity index (χ0v) is 14.8. The highest BCUT2D eigenvalue weighted by atomic mass is 35.5. The molecule has 5 nitrogen and oxygen atoms in total. The summed E-state index contributed by atoms with van der Waals surface area (Å²) in [4.78, 5) is 14.5. The Morgan fingerprint density at radius 3 is 2.88 bits per heavy atom. The molecule has 2 saturated heterocycles. The van der Waals surface area contributed by atoms with Crippen molar-refractivity contribution in [3.63, 3.8) is 0 Å². The number of fused-ring (bicyclic) bond motifs is 2. The predicted molar refractivity (Wildman–Crippen MR) is 93.3 cm³/mol. The average molecular weight is 362 g/mol. The summed E-state index contributed by atoms with van der Waals surface area (Å²) in [6.07, 6.45) is 1.65. The first-order chi connectivity index (χ1) is 12.1. The molecule has 2 atom stereocenters. The Balaban J connectivity index is 1.45. The van der Waals surface area contributed by atoms with Gasteiger partial charge in [0.25, 0.3) is 5.91 Å². The van der Waals surface area contributed by atoms with Gasteiger partial charge in [-0.05, 0) is 42.8 Å². The maximum atomic E-state index is 12.9. The van der Waals surface area contributed by atoms with Crippen LogP contribution in [0.15, 0.2) is 40.8 Å². The zero-order chi connectivity index (χ0) is 17.4. The van der Waals surface area contributed by atoms with E-state index in [1.54, 1.807) is 11.9 Å². The van der Waals surface area contributed by atoms with Crippen LogP contribution >= 0.6 is 11.6 Å². The highest BCUT2D eigenvalue weighted by Gasteiger charge is 2.51. The lowest BCUT2D eigenvalue weighted by atomic mass is 9.94. The highest BCUT2D eigenvalue weighted by molar-refractivity contribution is 6.30. The van der Waals surface area contributed by atoms with Crippen molar-refractivity contribution in [2.45, 2.75) is 31.1 Å². The van der Waals surface area contributed by atoms with Crippen LogP contribution < -0.4 is 0 Å². The summed E-state index contributed by atoms with van der Waals surface area (Å²) in [7, 11) is 1.77. The molecule has 1 aromatic heterocycles. The molecule has 0 saturated carbocycles. The number of ether oxygens (including phenoxy) is 2. The number of likely N-dealkylation sites (N-methyl/N-ethyl adjacent to an activating group) is 1. The first-order valence-corrected chi connectivity index (χ1v) is 8.79. The van der Waals surface area contributed by atoms with Gasteiger partial charge < -0.3 is 18.8 Å². The molecule has 1 amide bonds. The van der Waals surface area contributed by atoms with Crippen molar-refractivity contribution < 1.29 is 18.7 Å². The Morgan fingerprint density at radius 2 is 2.08 bits per heavy atom. The Kier molecular flexibility index (Phi) is 4.31. The van der Waals surface area contributed by atoms with Crippen LogP contribution in [-0.2, 0) is 20.8 Å². The number of benzene rings is 1. The number of hydrogen-bond acceptors (Lipinski definition) is 4. The third-order valence-electron chi connectivity index (χ3n) is 4.85. The van der Waals surface area contributed by atoms with Crippen LogP contribution in [0.25, 0.3) is 11.3 Å². The number of halogens is 1. The Labute approximate surface area is 151 Å². The monoisotopic (exact) mass is 361 g/mol. The van der Waals surface area contributed by atoms with Gasteiger partial charge in [-0.2, -0.15) is 0 Å². The van der Waals surface area contributed by atoms with Gasteiger partial charge in [0.2, 0.25) is 0 Å². The fraction of sp³-hybridized carbons (Fsp3) is 0.421. The van der Waals surface area contributed by atoms with E-state index in [9.17, 15) is 4.79 Å². The Hall–Kier alpha value is -1.82. The quantitative estimate of drug-likeness (QED) is 0.836. The van der Waals surface area contributed by atoms with Gasteiger partial charge >= 0.3 is 0 Å². The van der Waals surface area contributed by atoms with E-state index in [1.165, 1.54) is 0 Å². The number of nitrogens with zero attached hydrogens (tertiary/aromatic N) is 1. The van der Waals surface area contributed by atoms with Gasteiger partial charge in [-0.15, -0.1) is 0 Å². The van der Waals surface area contributed by atoms with Crippen LogP contribution in [0.4, 0.5) is 0 Å². The molecule has 0 aliphatic carbocycles. The van der Waals surface area contributed by atoms with Crippen LogP contribution in [0.1, 0.15) is 18.6 Å². The molecule has 0 spiro atoms. The van der Waals surface area contributed by atoms with Crippen LogP contribution in [0.5, 0.6) is 0 Å². The van der Waals surface area contributed by atoms with E-state index in [0.29, 0.717) is 31.2 Å². The summed E-state index contributed by atoms with van der Waals surface area (Å²) in [5.41, 5.74) is 0.134. The van der Waals surface area contributed by atoms with Crippen molar-refractivity contribution in [3.8, 4) is 11.3 Å². The predicted octanol–water partition coefficient (Wildman–Crippen LogP) is 3.51. The maximum Gasteiger partial charge on any atom is 0.257 e. The lowest BCUT2D eigenvalue weighted by Crippen LogP contribution is -2.51. The van der Waals surface area contributed by atoms with E-state index < -0.39 is 5.60 Å². The topological polar surface area (TPSA) is 51.9 Å². The van der Waals surface area contributed by atoms with Crippen molar-refractivity contribution in [3.05, 3.63) is 47.2 Å². The zero-order valence-electron chi connectivity index (χ0n) is 14.0. The van der Waals surface area contributed by atoms with Gasteiger partial charge in [-0.1, -0.05) is 11.6 Å². The van der Waals surface area contributed by atoms with Gasteiger partial charge in [0.15, 0.2) is 5.60 Å². The Morgan fingerprint density at radius 1 is 1.28 bits per heavy atom. The van der Waals surface area contributed by atoms with Crippen molar-refractivity contribution >= 4 is 17.5 Å². The third-order valence-corrected chi connectivity index (χ3v) is 5.10. The lowest BCUT2D eigenvalue weighted by Gasteiger charge is -2.33. The van der Waals surface area contributed by atoms with Crippen molar-refractivity contribution in [2.75, 3.05) is 20.3 Å². The third kappa shape index (κ3) is 3.19. The molecular formula is C19H20ClNO4. The van der Waals surface area contributed by atoms with E-state index in [1.807, 2.05) is 36.4 Å². The van der Waals surface area contributed by atoms with Crippen molar-refractivity contribution in [2.24, 2.45) is 0 Å². The summed E-state index contributed by atoms with van der Waals surface area (Å²) in [5, 5.41) is 0.685. The summed E-state index contributed by atoms with van der Waals surface area (Å²) >= 11 is 5.92. The molecule has 2 unspecified atom stereocenters. The normalized spacial score (nSPS) is 25.1. The molecule has 2 fully saturated rings. The number of hydrogen-bond donors (Lipinski definition) is 0. The molecule has 2 bridgehead atoms. The summed E-state index contributed by atoms with van der Waals surface area (Å²) in [5.74, 6) is 1.44. The molecule has 2 aliphatic rings. The molecule has 132 valence electrons. The average Bonchev–Trinajstić information content (AvgIpc) is 3.20. The minimum Gasteiger partial charge on any atom is -0.459 e. The van der Waals surface area contributed by atoms with Gasteiger partial charge in [0.1, 0.15) is 11.5 Å². The minimum atomic E-state index is -0.816. The first kappa shape index (κ1) is 16.6. The SMILES string of the molecule is CN(Cc1ccc(-c2ccc(Cl)cc2)o1)C(=O)C12COC(CCO1)C2. The molecule has 6 heteroatoms. The second kappa shape index (κ2) is 6.48. The Bertz CT molecular complexity index is 768. The summed E-state index contributed by atoms with van der Waals surface area (Å²) in [6.45, 7) is 1.31. The number of amides is 1. The summed E-state index contributed by atoms with van der Waals surface area (Å²) in [6, 6.07) is 11.3. The molecule has 25 heavy (non-hydrogen) atoms. The van der Waals surface area contributed by atoms with Crippen molar-refractivity contribution in [1.29, 1.82) is 0 Å². The fourth-order valence-electron chi connectivity index (χ4n) is 3.51. The van der Waals surface area contributed by atoms with Crippen molar-refractivity contribution in [1.82, 2.24) is 4.90 Å². The largest absolute Gasteiger partial charge is 0.459 e. The number of rotatable bonds is 4. The molecule has 0 radical (unpaired) electrons. The van der Waals surface area contributed by atoms with Gasteiger partial charge in [0, 0.05) is 24.1 Å². The van der Waals surface area contributed by atoms with Gasteiger partial charge in [-0.25, -0.2) is 0 Å². The van der Waals surface area contributed by atoms with Gasteiger partial charge in [0.05, 0.1) is 25.9 Å². The molecular weight excluding hydrogens is 342 g/mol. The number of furan rings is 1. The fourth-order valence-corrected chi connectivity index (χ4v) is 3.63. The van der Waals surface area contributed by atoms with Crippen LogP contribution in [0, 0.1) is 0 Å². The van der Waals surface area contributed by atoms with E-state index in [4.69, 9.17) is 25.5 Å². The smallest absolute Gasteiger partial charge is 0.257 e. The number of carbonyl (C=O) groups is 1. The minimum absolute atomic E-state index is 0.0425. The molecule has 0 N–H and O–H groups in total. The molecule has 4 rings (SSSR count). The maximum absolute atomic E-state index is 12.9. The van der Waals surface area contributed by atoms with E-state index >= 15 is 0 Å². The number of carbonyl (C=O) groups excluding carboxylic acids is 1. The van der Waals surface area contributed by atoms with Crippen LogP contribution in [0.2, 0.25) is 5.02 Å². The lowest BCUT2D eigenvalue weighted by molar-refractivity contribution is -0.159.